The molecule has 0 bridgehead atoms. The molecule has 1 aromatic heterocycles. The van der Waals surface area contributed by atoms with Crippen molar-refractivity contribution < 1.29 is 4.79 Å². The van der Waals surface area contributed by atoms with Crippen LogP contribution in [0.15, 0.2) is 36.5 Å². The van der Waals surface area contributed by atoms with E-state index in [1.807, 2.05) is 29.9 Å². The van der Waals surface area contributed by atoms with Crippen molar-refractivity contribution in [2.75, 3.05) is 23.3 Å². The molecule has 6 nitrogen and oxygen atoms in total. The maximum absolute atomic E-state index is 12.4. The Hall–Kier alpha value is -2.34. The van der Waals surface area contributed by atoms with Gasteiger partial charge in [0.25, 0.3) is 5.91 Å². The van der Waals surface area contributed by atoms with Crippen molar-refractivity contribution in [3.05, 3.63) is 42.1 Å². The van der Waals surface area contributed by atoms with Gasteiger partial charge in [-0.15, -0.1) is 0 Å². The monoisotopic (exact) mass is 313 g/mol. The summed E-state index contributed by atoms with van der Waals surface area (Å²) in [6.07, 6.45) is 4.76. The van der Waals surface area contributed by atoms with Crippen LogP contribution in [-0.2, 0) is 7.05 Å². The Morgan fingerprint density at radius 2 is 2.04 bits per heavy atom. The van der Waals surface area contributed by atoms with Crippen LogP contribution in [0.3, 0.4) is 0 Å². The lowest BCUT2D eigenvalue weighted by Crippen LogP contribution is -2.29. The van der Waals surface area contributed by atoms with Crippen LogP contribution < -0.4 is 16.0 Å². The first kappa shape index (κ1) is 15.6. The summed E-state index contributed by atoms with van der Waals surface area (Å²) in [4.78, 5) is 14.7. The highest BCUT2D eigenvalue weighted by Crippen LogP contribution is 2.27. The van der Waals surface area contributed by atoms with E-state index in [0.717, 1.165) is 43.9 Å². The second-order valence-electron chi connectivity index (χ2n) is 6.00. The predicted octanol–water partition coefficient (Wildman–Crippen LogP) is 1.99. The molecule has 1 amide bonds. The van der Waals surface area contributed by atoms with Gasteiger partial charge in [0.15, 0.2) is 5.82 Å². The van der Waals surface area contributed by atoms with Gasteiger partial charge in [-0.3, -0.25) is 9.48 Å². The van der Waals surface area contributed by atoms with E-state index in [2.05, 4.69) is 15.3 Å². The van der Waals surface area contributed by atoms with E-state index < -0.39 is 0 Å². The number of hydrogen-bond donors (Lipinski definition) is 2. The quantitative estimate of drug-likeness (QED) is 0.908. The molecule has 1 fully saturated rings. The Morgan fingerprint density at radius 3 is 2.83 bits per heavy atom. The lowest BCUT2D eigenvalue weighted by molar-refractivity contribution is 0.102. The van der Waals surface area contributed by atoms with E-state index in [0.29, 0.717) is 5.56 Å². The van der Waals surface area contributed by atoms with Crippen LogP contribution in [0.2, 0.25) is 0 Å². The standard InChI is InChI=1S/C17H23N5O/c1-21-17(22-10-5-8-14(18)9-11-22)15(12-19-21)20-16(23)13-6-3-2-4-7-13/h2-4,6-7,12,14H,5,8-11,18H2,1H3,(H,20,23)/t14-/m1/s1. The molecular formula is C17H23N5O. The molecule has 1 aliphatic heterocycles. The average Bonchev–Trinajstić information content (AvgIpc) is 2.78. The average molecular weight is 313 g/mol. The molecule has 6 heteroatoms. The number of carbonyl (C=O) groups is 1. The number of nitrogens with zero attached hydrogens (tertiary/aromatic N) is 3. The number of anilines is 2. The molecule has 1 atom stereocenters. The van der Waals surface area contributed by atoms with E-state index in [1.165, 1.54) is 0 Å². The molecular weight excluding hydrogens is 290 g/mol. The number of aromatic nitrogens is 2. The van der Waals surface area contributed by atoms with Crippen LogP contribution in [-0.4, -0.2) is 34.8 Å². The third kappa shape index (κ3) is 3.53. The molecule has 2 heterocycles. The summed E-state index contributed by atoms with van der Waals surface area (Å²) < 4.78 is 1.82. The van der Waals surface area contributed by atoms with Crippen LogP contribution in [0.4, 0.5) is 11.5 Å². The number of nitrogens with two attached hydrogens (primary N) is 1. The Kier molecular flexibility index (Phi) is 4.62. The number of benzene rings is 1. The van der Waals surface area contributed by atoms with Crippen LogP contribution in [0, 0.1) is 0 Å². The van der Waals surface area contributed by atoms with Crippen LogP contribution in [0.25, 0.3) is 0 Å². The number of amides is 1. The molecule has 3 N–H and O–H groups in total. The number of carbonyl (C=O) groups excluding carboxylic acids is 1. The molecule has 1 saturated heterocycles. The Labute approximate surface area is 136 Å². The molecule has 0 saturated carbocycles. The second kappa shape index (κ2) is 6.83. The number of rotatable bonds is 3. The first-order valence-corrected chi connectivity index (χ1v) is 8.04. The van der Waals surface area contributed by atoms with Crippen LogP contribution in [0.1, 0.15) is 29.6 Å². The summed E-state index contributed by atoms with van der Waals surface area (Å²) in [6, 6.07) is 9.47. The maximum atomic E-state index is 12.4. The van der Waals surface area contributed by atoms with Gasteiger partial charge in [-0.1, -0.05) is 18.2 Å². The third-order valence-corrected chi connectivity index (χ3v) is 4.26. The molecule has 3 rings (SSSR count). The van der Waals surface area contributed by atoms with Gasteiger partial charge in [0, 0.05) is 31.7 Å². The summed E-state index contributed by atoms with van der Waals surface area (Å²) in [5.74, 6) is 0.828. The fourth-order valence-electron chi connectivity index (χ4n) is 3.01. The zero-order chi connectivity index (χ0) is 16.2. The fraction of sp³-hybridized carbons (Fsp3) is 0.412. The van der Waals surface area contributed by atoms with Crippen molar-refractivity contribution in [3.63, 3.8) is 0 Å². The second-order valence-corrected chi connectivity index (χ2v) is 6.00. The van der Waals surface area contributed by atoms with Crippen molar-refractivity contribution in [2.24, 2.45) is 12.8 Å². The van der Waals surface area contributed by atoms with E-state index >= 15 is 0 Å². The summed E-state index contributed by atoms with van der Waals surface area (Å²) >= 11 is 0. The lowest BCUT2D eigenvalue weighted by atomic mass is 10.1. The minimum atomic E-state index is -0.119. The lowest BCUT2D eigenvalue weighted by Gasteiger charge is -2.24. The topological polar surface area (TPSA) is 76.2 Å². The van der Waals surface area contributed by atoms with Crippen molar-refractivity contribution in [3.8, 4) is 0 Å². The summed E-state index contributed by atoms with van der Waals surface area (Å²) in [7, 11) is 1.90. The summed E-state index contributed by atoms with van der Waals surface area (Å²) in [5, 5.41) is 7.30. The van der Waals surface area contributed by atoms with Gasteiger partial charge in [0.1, 0.15) is 5.69 Å². The number of nitrogens with one attached hydrogen (secondary N) is 1. The molecule has 1 aliphatic rings. The molecule has 2 aromatic rings. The Balaban J connectivity index is 1.80. The van der Waals surface area contributed by atoms with E-state index in [-0.39, 0.29) is 11.9 Å². The van der Waals surface area contributed by atoms with Gasteiger partial charge in [0.2, 0.25) is 0 Å². The number of aryl methyl sites for hydroxylation is 1. The van der Waals surface area contributed by atoms with Crippen molar-refractivity contribution >= 4 is 17.4 Å². The zero-order valence-electron chi connectivity index (χ0n) is 13.4. The highest BCUT2D eigenvalue weighted by Gasteiger charge is 2.21. The van der Waals surface area contributed by atoms with Gasteiger partial charge < -0.3 is 16.0 Å². The first-order valence-electron chi connectivity index (χ1n) is 8.04. The minimum Gasteiger partial charge on any atom is -0.355 e. The van der Waals surface area contributed by atoms with Gasteiger partial charge in [-0.25, -0.2) is 0 Å². The van der Waals surface area contributed by atoms with Gasteiger partial charge in [0.05, 0.1) is 6.20 Å². The molecule has 1 aromatic carbocycles. The SMILES string of the molecule is Cn1ncc(NC(=O)c2ccccc2)c1N1CCC[C@@H](N)CC1. The van der Waals surface area contributed by atoms with Gasteiger partial charge in [-0.2, -0.15) is 5.10 Å². The highest BCUT2D eigenvalue weighted by molar-refractivity contribution is 6.05. The predicted molar refractivity (Wildman–Crippen MR) is 91.6 cm³/mol. The molecule has 0 aliphatic carbocycles. The molecule has 0 unspecified atom stereocenters. The molecule has 122 valence electrons. The van der Waals surface area contributed by atoms with Crippen molar-refractivity contribution in [1.82, 2.24) is 9.78 Å². The summed E-state index contributed by atoms with van der Waals surface area (Å²) in [5.41, 5.74) is 7.45. The smallest absolute Gasteiger partial charge is 0.255 e. The van der Waals surface area contributed by atoms with Gasteiger partial charge >= 0.3 is 0 Å². The van der Waals surface area contributed by atoms with Crippen molar-refractivity contribution in [1.29, 1.82) is 0 Å². The fourth-order valence-corrected chi connectivity index (χ4v) is 3.01. The zero-order valence-corrected chi connectivity index (χ0v) is 13.4. The maximum Gasteiger partial charge on any atom is 0.255 e. The first-order chi connectivity index (χ1) is 11.1. The van der Waals surface area contributed by atoms with Crippen LogP contribution >= 0.6 is 0 Å². The third-order valence-electron chi connectivity index (χ3n) is 4.26. The molecule has 0 spiro atoms. The number of hydrogen-bond acceptors (Lipinski definition) is 4. The summed E-state index contributed by atoms with van der Waals surface area (Å²) in [6.45, 7) is 1.82. The van der Waals surface area contributed by atoms with Crippen LogP contribution in [0.5, 0.6) is 0 Å². The van der Waals surface area contributed by atoms with Crippen molar-refractivity contribution in [2.45, 2.75) is 25.3 Å². The minimum absolute atomic E-state index is 0.119. The van der Waals surface area contributed by atoms with E-state index in [4.69, 9.17) is 5.73 Å². The van der Waals surface area contributed by atoms with E-state index in [9.17, 15) is 4.79 Å². The highest BCUT2D eigenvalue weighted by atomic mass is 16.1. The van der Waals surface area contributed by atoms with Gasteiger partial charge in [-0.05, 0) is 31.4 Å². The Morgan fingerprint density at radius 1 is 1.26 bits per heavy atom. The van der Waals surface area contributed by atoms with E-state index in [1.54, 1.807) is 18.3 Å². The largest absolute Gasteiger partial charge is 0.355 e. The normalized spacial score (nSPS) is 18.5. The Bertz CT molecular complexity index is 667. The molecule has 23 heavy (non-hydrogen) atoms. The molecule has 0 radical (unpaired) electrons.